The Labute approximate surface area is 127 Å². The average Bonchev–Trinajstić information content (AvgIpc) is 2.48. The number of nitrogen functional groups attached to an aromatic ring is 1. The molecule has 2 saturated heterocycles. The molecule has 6 heteroatoms. The molecule has 0 bridgehead atoms. The zero-order chi connectivity index (χ0) is 14.1. The number of nitrogens with two attached hydrogens (primary N) is 1. The van der Waals surface area contributed by atoms with Crippen LogP contribution in [0.5, 0.6) is 0 Å². The Morgan fingerprint density at radius 2 is 2.20 bits per heavy atom. The minimum Gasteiger partial charge on any atom is -0.383 e. The maximum absolute atomic E-state index is 12.6. The first-order valence-electron chi connectivity index (χ1n) is 7.09. The molecule has 2 N–H and O–H groups in total. The van der Waals surface area contributed by atoms with E-state index >= 15 is 0 Å². The topological polar surface area (TPSA) is 62.5 Å². The number of fused-ring (bicyclic) bond motifs is 1. The first kappa shape index (κ1) is 13.8. The highest BCUT2D eigenvalue weighted by Crippen LogP contribution is 2.24. The van der Waals surface area contributed by atoms with Gasteiger partial charge in [0.25, 0.3) is 5.91 Å². The van der Waals surface area contributed by atoms with Gasteiger partial charge in [-0.3, -0.25) is 9.69 Å². The second-order valence-corrected chi connectivity index (χ2v) is 6.44. The monoisotopic (exact) mass is 338 g/mol. The molecule has 0 aliphatic carbocycles. The van der Waals surface area contributed by atoms with Gasteiger partial charge in [0.05, 0.1) is 5.56 Å². The van der Waals surface area contributed by atoms with Gasteiger partial charge in [-0.25, -0.2) is 4.98 Å². The zero-order valence-electron chi connectivity index (χ0n) is 11.4. The summed E-state index contributed by atoms with van der Waals surface area (Å²) in [5.74, 6) is 0.311. The molecule has 2 aliphatic heterocycles. The molecule has 3 heterocycles. The number of hydrogen-bond acceptors (Lipinski definition) is 4. The van der Waals surface area contributed by atoms with Crippen LogP contribution in [0.4, 0.5) is 5.82 Å². The fourth-order valence-corrected chi connectivity index (χ4v) is 3.46. The highest BCUT2D eigenvalue weighted by molar-refractivity contribution is 9.10. The summed E-state index contributed by atoms with van der Waals surface area (Å²) in [5, 5.41) is 0. The van der Waals surface area contributed by atoms with Crippen molar-refractivity contribution < 1.29 is 4.79 Å². The van der Waals surface area contributed by atoms with E-state index in [1.54, 1.807) is 12.3 Å². The molecule has 0 spiro atoms. The van der Waals surface area contributed by atoms with Crippen LogP contribution in [0.1, 0.15) is 29.6 Å². The smallest absolute Gasteiger partial charge is 0.257 e. The summed E-state index contributed by atoms with van der Waals surface area (Å²) in [6, 6.07) is 2.28. The molecule has 1 atom stereocenters. The molecule has 0 saturated carbocycles. The lowest BCUT2D eigenvalue weighted by molar-refractivity contribution is 0.0373. The lowest BCUT2D eigenvalue weighted by Crippen LogP contribution is -2.56. The van der Waals surface area contributed by atoms with E-state index in [-0.39, 0.29) is 5.91 Å². The number of anilines is 1. The Morgan fingerprint density at radius 1 is 1.35 bits per heavy atom. The number of pyridine rings is 1. The van der Waals surface area contributed by atoms with Gasteiger partial charge in [0.15, 0.2) is 0 Å². The normalized spacial score (nSPS) is 23.4. The van der Waals surface area contributed by atoms with Crippen molar-refractivity contribution in [2.75, 3.05) is 31.9 Å². The SMILES string of the molecule is Nc1ncc(Br)cc1C(=O)N1CCN2CCCCC2C1. The highest BCUT2D eigenvalue weighted by atomic mass is 79.9. The number of carbonyl (C=O) groups is 1. The Bertz CT molecular complexity index is 522. The predicted octanol–water partition coefficient (Wildman–Crippen LogP) is 1.74. The summed E-state index contributed by atoms with van der Waals surface area (Å²) in [5.41, 5.74) is 6.34. The van der Waals surface area contributed by atoms with E-state index in [0.29, 0.717) is 17.4 Å². The molecule has 1 unspecified atom stereocenters. The van der Waals surface area contributed by atoms with Crippen LogP contribution in [0.3, 0.4) is 0 Å². The molecule has 108 valence electrons. The van der Waals surface area contributed by atoms with Crippen molar-refractivity contribution in [3.8, 4) is 0 Å². The molecule has 0 radical (unpaired) electrons. The summed E-state index contributed by atoms with van der Waals surface area (Å²) in [7, 11) is 0. The van der Waals surface area contributed by atoms with Crippen molar-refractivity contribution in [3.05, 3.63) is 22.3 Å². The Morgan fingerprint density at radius 3 is 3.05 bits per heavy atom. The average molecular weight is 339 g/mol. The van der Waals surface area contributed by atoms with E-state index in [9.17, 15) is 4.79 Å². The molecular weight excluding hydrogens is 320 g/mol. The van der Waals surface area contributed by atoms with Gasteiger partial charge in [0.2, 0.25) is 0 Å². The standard InChI is InChI=1S/C14H19BrN4O/c15-10-7-12(13(16)17-8-10)14(20)19-6-5-18-4-2-1-3-11(18)9-19/h7-8,11H,1-6,9H2,(H2,16,17). The van der Waals surface area contributed by atoms with Crippen LogP contribution in [-0.4, -0.2) is 52.9 Å². The minimum absolute atomic E-state index is 0.00141. The third kappa shape index (κ3) is 2.67. The number of halogens is 1. The molecule has 1 aromatic rings. The van der Waals surface area contributed by atoms with Crippen LogP contribution >= 0.6 is 15.9 Å². The van der Waals surface area contributed by atoms with E-state index in [2.05, 4.69) is 25.8 Å². The molecule has 1 amide bonds. The molecule has 0 aromatic carbocycles. The maximum Gasteiger partial charge on any atom is 0.257 e. The van der Waals surface area contributed by atoms with Crippen LogP contribution in [-0.2, 0) is 0 Å². The number of piperazine rings is 1. The lowest BCUT2D eigenvalue weighted by Gasteiger charge is -2.44. The van der Waals surface area contributed by atoms with Crippen molar-refractivity contribution in [1.82, 2.24) is 14.8 Å². The van der Waals surface area contributed by atoms with Crippen molar-refractivity contribution in [2.45, 2.75) is 25.3 Å². The molecular formula is C14H19BrN4O. The number of rotatable bonds is 1. The minimum atomic E-state index is 0.00141. The summed E-state index contributed by atoms with van der Waals surface area (Å²) in [4.78, 5) is 21.1. The number of piperidine rings is 1. The van der Waals surface area contributed by atoms with E-state index in [1.165, 1.54) is 25.8 Å². The van der Waals surface area contributed by atoms with Crippen LogP contribution in [0.2, 0.25) is 0 Å². The Kier molecular flexibility index (Phi) is 3.94. The Hall–Kier alpha value is -1.14. The predicted molar refractivity (Wildman–Crippen MR) is 81.5 cm³/mol. The van der Waals surface area contributed by atoms with Gasteiger partial charge in [-0.15, -0.1) is 0 Å². The Balaban J connectivity index is 1.76. The lowest BCUT2D eigenvalue weighted by atomic mass is 9.99. The number of aromatic nitrogens is 1. The van der Waals surface area contributed by atoms with Crippen LogP contribution < -0.4 is 5.73 Å². The summed E-state index contributed by atoms with van der Waals surface area (Å²) in [6.45, 7) is 3.73. The molecule has 3 rings (SSSR count). The van der Waals surface area contributed by atoms with Crippen molar-refractivity contribution in [3.63, 3.8) is 0 Å². The van der Waals surface area contributed by atoms with Gasteiger partial charge in [-0.05, 0) is 41.4 Å². The molecule has 2 aliphatic rings. The van der Waals surface area contributed by atoms with Gasteiger partial charge in [-0.2, -0.15) is 0 Å². The molecule has 1 aromatic heterocycles. The van der Waals surface area contributed by atoms with E-state index in [0.717, 1.165) is 24.1 Å². The summed E-state index contributed by atoms with van der Waals surface area (Å²) < 4.78 is 0.784. The zero-order valence-corrected chi connectivity index (χ0v) is 13.0. The van der Waals surface area contributed by atoms with Crippen LogP contribution in [0.25, 0.3) is 0 Å². The number of hydrogen-bond donors (Lipinski definition) is 1. The van der Waals surface area contributed by atoms with E-state index in [4.69, 9.17) is 5.73 Å². The maximum atomic E-state index is 12.6. The van der Waals surface area contributed by atoms with E-state index in [1.807, 2.05) is 4.90 Å². The van der Waals surface area contributed by atoms with Gasteiger partial charge in [-0.1, -0.05) is 6.42 Å². The second-order valence-electron chi connectivity index (χ2n) is 5.52. The first-order chi connectivity index (χ1) is 9.65. The van der Waals surface area contributed by atoms with Crippen molar-refractivity contribution >= 4 is 27.7 Å². The third-order valence-corrected chi connectivity index (χ3v) is 4.67. The van der Waals surface area contributed by atoms with Gasteiger partial charge >= 0.3 is 0 Å². The quantitative estimate of drug-likeness (QED) is 0.847. The fraction of sp³-hybridized carbons (Fsp3) is 0.571. The fourth-order valence-electron chi connectivity index (χ4n) is 3.13. The van der Waals surface area contributed by atoms with Gasteiger partial charge in [0.1, 0.15) is 5.82 Å². The molecule has 5 nitrogen and oxygen atoms in total. The molecule has 2 fully saturated rings. The number of amides is 1. The van der Waals surface area contributed by atoms with E-state index < -0.39 is 0 Å². The second kappa shape index (κ2) is 5.69. The number of nitrogens with zero attached hydrogens (tertiary/aromatic N) is 3. The first-order valence-corrected chi connectivity index (χ1v) is 7.89. The highest BCUT2D eigenvalue weighted by Gasteiger charge is 2.32. The third-order valence-electron chi connectivity index (χ3n) is 4.24. The molecule has 20 heavy (non-hydrogen) atoms. The summed E-state index contributed by atoms with van der Waals surface area (Å²) in [6.07, 6.45) is 5.36. The van der Waals surface area contributed by atoms with Gasteiger partial charge < -0.3 is 10.6 Å². The van der Waals surface area contributed by atoms with Crippen molar-refractivity contribution in [2.24, 2.45) is 0 Å². The number of carbonyl (C=O) groups excluding carboxylic acids is 1. The van der Waals surface area contributed by atoms with Gasteiger partial charge in [0, 0.05) is 36.3 Å². The van der Waals surface area contributed by atoms with Crippen LogP contribution in [0, 0.1) is 0 Å². The van der Waals surface area contributed by atoms with Crippen molar-refractivity contribution in [1.29, 1.82) is 0 Å². The largest absolute Gasteiger partial charge is 0.383 e. The summed E-state index contributed by atoms with van der Waals surface area (Å²) >= 11 is 3.35. The van der Waals surface area contributed by atoms with Crippen LogP contribution in [0.15, 0.2) is 16.7 Å².